The summed E-state index contributed by atoms with van der Waals surface area (Å²) in [6, 6.07) is 17.9. The molecule has 0 bridgehead atoms. The van der Waals surface area contributed by atoms with Gasteiger partial charge >= 0.3 is 17.9 Å². The van der Waals surface area contributed by atoms with Gasteiger partial charge in [-0.25, -0.2) is 14.4 Å². The number of aromatic hydroxyl groups is 1. The molecule has 0 radical (unpaired) electrons. The third kappa shape index (κ3) is 6.39. The lowest BCUT2D eigenvalue weighted by atomic mass is 9.78. The number of esters is 3. The molecule has 1 N–H and O–H groups in total. The molecule has 6 nitrogen and oxygen atoms in total. The molecule has 0 fully saturated rings. The van der Waals surface area contributed by atoms with E-state index in [1.54, 1.807) is 54.6 Å². The van der Waals surface area contributed by atoms with E-state index >= 15 is 0 Å². The highest BCUT2D eigenvalue weighted by atomic mass is 16.6. The number of phenolic OH excluding ortho intramolecular Hbond substituents is 1. The molecule has 0 aliphatic heterocycles. The Bertz CT molecular complexity index is 1220. The fraction of sp³-hybridized carbons (Fsp3) is 0.300. The minimum Gasteiger partial charge on any atom is -0.507 e. The normalized spacial score (nSPS) is 11.6. The van der Waals surface area contributed by atoms with Crippen molar-refractivity contribution in [1.82, 2.24) is 0 Å². The molecule has 0 saturated carbocycles. The van der Waals surface area contributed by atoms with E-state index in [-0.39, 0.29) is 34.3 Å². The summed E-state index contributed by atoms with van der Waals surface area (Å²) in [6.45, 7) is 11.8. The molecule has 3 aromatic rings. The highest BCUT2D eigenvalue weighted by Crippen LogP contribution is 2.39. The standard InChI is InChI=1S/C30H32O6/c1-29(2,3)23-16-22(17-24(25(23)31)30(4,5)6)26(32)35-18-19-12-14-21(15-13-19)28(34)36-27(33)20-10-8-7-9-11-20/h7-17,31H,18H2,1-6H3. The number of rotatable bonds is 5. The molecule has 3 rings (SSSR count). The number of carbonyl (C=O) groups is 3. The summed E-state index contributed by atoms with van der Waals surface area (Å²) in [5, 5.41) is 10.9. The van der Waals surface area contributed by atoms with Crippen molar-refractivity contribution >= 4 is 17.9 Å². The fourth-order valence-electron chi connectivity index (χ4n) is 3.64. The second-order valence-corrected chi connectivity index (χ2v) is 10.7. The minimum atomic E-state index is -0.763. The van der Waals surface area contributed by atoms with Crippen molar-refractivity contribution in [2.45, 2.75) is 59.0 Å². The third-order valence-electron chi connectivity index (χ3n) is 5.72. The maximum Gasteiger partial charge on any atom is 0.346 e. The molecular weight excluding hydrogens is 456 g/mol. The first-order valence-electron chi connectivity index (χ1n) is 11.7. The second kappa shape index (κ2) is 10.4. The lowest BCUT2D eigenvalue weighted by molar-refractivity contribution is 0.0394. The summed E-state index contributed by atoms with van der Waals surface area (Å²) in [5.41, 5.74) is 2.14. The molecule has 0 atom stereocenters. The molecule has 0 heterocycles. The predicted octanol–water partition coefficient (Wildman–Crippen LogP) is 6.34. The monoisotopic (exact) mass is 488 g/mol. The molecular formula is C30H32O6. The molecule has 0 saturated heterocycles. The Morgan fingerprint density at radius 3 is 1.61 bits per heavy atom. The number of phenols is 1. The summed E-state index contributed by atoms with van der Waals surface area (Å²) in [7, 11) is 0. The maximum absolute atomic E-state index is 12.9. The molecule has 0 aliphatic carbocycles. The zero-order valence-electron chi connectivity index (χ0n) is 21.5. The zero-order chi connectivity index (χ0) is 26.7. The Kier molecular flexibility index (Phi) is 7.68. The summed E-state index contributed by atoms with van der Waals surface area (Å²) >= 11 is 0. The lowest BCUT2D eigenvalue weighted by Crippen LogP contribution is -2.19. The Morgan fingerprint density at radius 1 is 0.667 bits per heavy atom. The highest BCUT2D eigenvalue weighted by molar-refractivity contribution is 6.02. The number of hydrogen-bond donors (Lipinski definition) is 1. The van der Waals surface area contributed by atoms with Crippen LogP contribution in [0.4, 0.5) is 0 Å². The van der Waals surface area contributed by atoms with Gasteiger partial charge in [0.15, 0.2) is 0 Å². The van der Waals surface area contributed by atoms with Gasteiger partial charge in [0.25, 0.3) is 0 Å². The van der Waals surface area contributed by atoms with Crippen molar-refractivity contribution in [3.8, 4) is 5.75 Å². The van der Waals surface area contributed by atoms with E-state index < -0.39 is 17.9 Å². The number of ether oxygens (including phenoxy) is 2. The fourth-order valence-corrected chi connectivity index (χ4v) is 3.64. The van der Waals surface area contributed by atoms with Gasteiger partial charge in [-0.3, -0.25) is 0 Å². The van der Waals surface area contributed by atoms with Crippen molar-refractivity contribution in [2.75, 3.05) is 0 Å². The zero-order valence-corrected chi connectivity index (χ0v) is 21.5. The molecule has 0 amide bonds. The predicted molar refractivity (Wildman–Crippen MR) is 137 cm³/mol. The van der Waals surface area contributed by atoms with Crippen LogP contribution in [0.1, 0.15) is 89.3 Å². The second-order valence-electron chi connectivity index (χ2n) is 10.7. The largest absolute Gasteiger partial charge is 0.507 e. The lowest BCUT2D eigenvalue weighted by Gasteiger charge is -2.28. The van der Waals surface area contributed by atoms with Crippen LogP contribution in [-0.2, 0) is 26.9 Å². The Morgan fingerprint density at radius 2 is 1.14 bits per heavy atom. The molecule has 0 aromatic heterocycles. The van der Waals surface area contributed by atoms with Gasteiger partial charge in [-0.05, 0) is 52.8 Å². The van der Waals surface area contributed by atoms with Crippen molar-refractivity contribution in [2.24, 2.45) is 0 Å². The van der Waals surface area contributed by atoms with Crippen molar-refractivity contribution < 1.29 is 29.0 Å². The van der Waals surface area contributed by atoms with Crippen LogP contribution in [0.2, 0.25) is 0 Å². The molecule has 0 aliphatic rings. The quantitative estimate of drug-likeness (QED) is 0.333. The van der Waals surface area contributed by atoms with Gasteiger partial charge in [0.1, 0.15) is 12.4 Å². The Hall–Kier alpha value is -3.93. The van der Waals surface area contributed by atoms with Gasteiger partial charge in [-0.2, -0.15) is 0 Å². The van der Waals surface area contributed by atoms with Gasteiger partial charge in [-0.15, -0.1) is 0 Å². The number of hydrogen-bond acceptors (Lipinski definition) is 6. The number of carbonyl (C=O) groups excluding carboxylic acids is 3. The summed E-state index contributed by atoms with van der Waals surface area (Å²) in [6.07, 6.45) is 0. The molecule has 36 heavy (non-hydrogen) atoms. The van der Waals surface area contributed by atoms with Gasteiger partial charge in [0.05, 0.1) is 16.7 Å². The Balaban J connectivity index is 1.70. The van der Waals surface area contributed by atoms with Crippen LogP contribution in [0.3, 0.4) is 0 Å². The van der Waals surface area contributed by atoms with Crippen molar-refractivity contribution in [1.29, 1.82) is 0 Å². The van der Waals surface area contributed by atoms with Gasteiger partial charge in [-0.1, -0.05) is 71.9 Å². The minimum absolute atomic E-state index is 0.00626. The molecule has 6 heteroatoms. The van der Waals surface area contributed by atoms with Crippen LogP contribution in [0.25, 0.3) is 0 Å². The van der Waals surface area contributed by atoms with Gasteiger partial charge in [0.2, 0.25) is 0 Å². The van der Waals surface area contributed by atoms with Gasteiger partial charge in [0, 0.05) is 11.1 Å². The van der Waals surface area contributed by atoms with Crippen LogP contribution in [0.5, 0.6) is 5.75 Å². The molecule has 0 unspecified atom stereocenters. The average Bonchev–Trinajstić information content (AvgIpc) is 2.82. The third-order valence-corrected chi connectivity index (χ3v) is 5.72. The van der Waals surface area contributed by atoms with E-state index in [0.29, 0.717) is 22.3 Å². The highest BCUT2D eigenvalue weighted by Gasteiger charge is 2.28. The summed E-state index contributed by atoms with van der Waals surface area (Å²) in [4.78, 5) is 37.3. The number of benzene rings is 3. The topological polar surface area (TPSA) is 89.9 Å². The van der Waals surface area contributed by atoms with Crippen LogP contribution < -0.4 is 0 Å². The van der Waals surface area contributed by atoms with Gasteiger partial charge < -0.3 is 14.6 Å². The summed E-state index contributed by atoms with van der Waals surface area (Å²) in [5.74, 6) is -1.81. The first kappa shape index (κ1) is 26.7. The van der Waals surface area contributed by atoms with Crippen LogP contribution in [0.15, 0.2) is 66.7 Å². The van der Waals surface area contributed by atoms with E-state index in [2.05, 4.69) is 0 Å². The van der Waals surface area contributed by atoms with Crippen molar-refractivity contribution in [3.05, 3.63) is 100 Å². The average molecular weight is 489 g/mol. The van der Waals surface area contributed by atoms with Crippen LogP contribution >= 0.6 is 0 Å². The van der Waals surface area contributed by atoms with E-state index in [0.717, 1.165) is 0 Å². The van der Waals surface area contributed by atoms with E-state index in [1.165, 1.54) is 12.1 Å². The molecule has 188 valence electrons. The smallest absolute Gasteiger partial charge is 0.346 e. The van der Waals surface area contributed by atoms with Crippen molar-refractivity contribution in [3.63, 3.8) is 0 Å². The summed E-state index contributed by atoms with van der Waals surface area (Å²) < 4.78 is 10.4. The van der Waals surface area contributed by atoms with Crippen LogP contribution in [-0.4, -0.2) is 23.0 Å². The van der Waals surface area contributed by atoms with E-state index in [4.69, 9.17) is 9.47 Å². The SMILES string of the molecule is CC(C)(C)c1cc(C(=O)OCc2ccc(C(=O)OC(=O)c3ccccc3)cc2)cc(C(C)(C)C)c1O. The maximum atomic E-state index is 12.9. The Labute approximate surface area is 211 Å². The van der Waals surface area contributed by atoms with E-state index in [9.17, 15) is 19.5 Å². The first-order valence-corrected chi connectivity index (χ1v) is 11.7. The van der Waals surface area contributed by atoms with Crippen LogP contribution in [0, 0.1) is 0 Å². The van der Waals surface area contributed by atoms with E-state index in [1.807, 2.05) is 41.5 Å². The molecule has 0 spiro atoms. The first-order chi connectivity index (χ1) is 16.8. The molecule has 3 aromatic carbocycles.